The van der Waals surface area contributed by atoms with E-state index in [0.717, 1.165) is 25.2 Å². The molecule has 2 aliphatic rings. The standard InChI is InChI=1S/C12H20O3S/c1-8-12(15-7-16-8)5-4-9(10(13)14)11(2,3)6-12/h8-9H,4-7H2,1-3H3,(H,13,14)/t8?,9?,12-/m1/s1. The van der Waals surface area contributed by atoms with Crippen LogP contribution < -0.4 is 0 Å². The molecule has 2 unspecified atom stereocenters. The lowest BCUT2D eigenvalue weighted by Gasteiger charge is -2.47. The minimum Gasteiger partial charge on any atom is -0.481 e. The van der Waals surface area contributed by atoms with Crippen molar-refractivity contribution in [2.45, 2.75) is 50.9 Å². The Labute approximate surface area is 101 Å². The molecule has 92 valence electrons. The van der Waals surface area contributed by atoms with Gasteiger partial charge in [-0.2, -0.15) is 0 Å². The number of hydrogen-bond donors (Lipinski definition) is 1. The van der Waals surface area contributed by atoms with E-state index in [0.29, 0.717) is 5.25 Å². The van der Waals surface area contributed by atoms with Crippen molar-refractivity contribution in [3.63, 3.8) is 0 Å². The number of carboxylic acids is 1. The van der Waals surface area contributed by atoms with E-state index in [1.807, 2.05) is 11.8 Å². The molecule has 1 spiro atoms. The van der Waals surface area contributed by atoms with E-state index in [9.17, 15) is 9.90 Å². The van der Waals surface area contributed by atoms with E-state index in [-0.39, 0.29) is 16.9 Å². The second-order valence-electron chi connectivity index (χ2n) is 5.73. The molecule has 1 aliphatic heterocycles. The number of rotatable bonds is 1. The summed E-state index contributed by atoms with van der Waals surface area (Å²) >= 11 is 1.84. The molecule has 1 aliphatic carbocycles. The Morgan fingerprint density at radius 3 is 2.62 bits per heavy atom. The highest BCUT2D eigenvalue weighted by atomic mass is 32.2. The molecule has 2 fully saturated rings. The van der Waals surface area contributed by atoms with E-state index in [1.54, 1.807) is 0 Å². The van der Waals surface area contributed by atoms with Crippen molar-refractivity contribution in [2.24, 2.45) is 11.3 Å². The first kappa shape index (κ1) is 12.2. The Hall–Kier alpha value is -0.220. The Balaban J connectivity index is 2.18. The average Bonchev–Trinajstić information content (AvgIpc) is 2.45. The number of thioether (sulfide) groups is 1. The maximum Gasteiger partial charge on any atom is 0.307 e. The Morgan fingerprint density at radius 1 is 1.50 bits per heavy atom. The molecule has 0 radical (unpaired) electrons. The van der Waals surface area contributed by atoms with Gasteiger partial charge in [0, 0.05) is 5.25 Å². The van der Waals surface area contributed by atoms with Crippen molar-refractivity contribution in [1.29, 1.82) is 0 Å². The monoisotopic (exact) mass is 244 g/mol. The molecule has 1 N–H and O–H groups in total. The van der Waals surface area contributed by atoms with Gasteiger partial charge in [0.1, 0.15) is 0 Å². The van der Waals surface area contributed by atoms with Crippen LogP contribution in [0.1, 0.15) is 40.0 Å². The number of hydrogen-bond acceptors (Lipinski definition) is 3. The smallest absolute Gasteiger partial charge is 0.307 e. The van der Waals surface area contributed by atoms with Gasteiger partial charge in [-0.25, -0.2) is 0 Å². The molecule has 16 heavy (non-hydrogen) atoms. The summed E-state index contributed by atoms with van der Waals surface area (Å²) in [5, 5.41) is 9.71. The van der Waals surface area contributed by atoms with Gasteiger partial charge in [-0.3, -0.25) is 4.79 Å². The van der Waals surface area contributed by atoms with Crippen molar-refractivity contribution in [2.75, 3.05) is 5.94 Å². The van der Waals surface area contributed by atoms with Gasteiger partial charge < -0.3 is 9.84 Å². The van der Waals surface area contributed by atoms with Crippen LogP contribution in [-0.4, -0.2) is 27.9 Å². The molecule has 3 nitrogen and oxygen atoms in total. The lowest BCUT2D eigenvalue weighted by Crippen LogP contribution is -2.49. The molecule has 1 heterocycles. The summed E-state index contributed by atoms with van der Waals surface area (Å²) in [6.07, 6.45) is 2.50. The van der Waals surface area contributed by atoms with E-state index in [1.165, 1.54) is 0 Å². The van der Waals surface area contributed by atoms with Crippen molar-refractivity contribution in [3.8, 4) is 0 Å². The zero-order chi connectivity index (χ0) is 12.0. The van der Waals surface area contributed by atoms with Crippen molar-refractivity contribution >= 4 is 17.7 Å². The quantitative estimate of drug-likeness (QED) is 0.770. The highest BCUT2D eigenvalue weighted by Gasteiger charge is 2.53. The summed E-state index contributed by atoms with van der Waals surface area (Å²) in [4.78, 5) is 11.2. The van der Waals surface area contributed by atoms with Crippen molar-refractivity contribution in [1.82, 2.24) is 0 Å². The van der Waals surface area contributed by atoms with Gasteiger partial charge in [-0.1, -0.05) is 20.8 Å². The molecule has 0 aromatic heterocycles. The van der Waals surface area contributed by atoms with E-state index >= 15 is 0 Å². The van der Waals surface area contributed by atoms with Gasteiger partial charge >= 0.3 is 5.97 Å². The Morgan fingerprint density at radius 2 is 2.19 bits per heavy atom. The van der Waals surface area contributed by atoms with Crippen LogP contribution >= 0.6 is 11.8 Å². The topological polar surface area (TPSA) is 46.5 Å². The Bertz CT molecular complexity index is 303. The third-order valence-electron chi connectivity index (χ3n) is 4.26. The fraction of sp³-hybridized carbons (Fsp3) is 0.917. The van der Waals surface area contributed by atoms with Crippen LogP contribution in [-0.2, 0) is 9.53 Å². The molecule has 4 heteroatoms. The SMILES string of the molecule is CC1SCO[C@@]12CCC(C(=O)O)C(C)(C)C2. The fourth-order valence-electron chi connectivity index (χ4n) is 3.21. The van der Waals surface area contributed by atoms with Crippen LogP contribution in [0.5, 0.6) is 0 Å². The van der Waals surface area contributed by atoms with Crippen molar-refractivity contribution < 1.29 is 14.6 Å². The predicted octanol–water partition coefficient (Wildman–Crippen LogP) is 2.75. The van der Waals surface area contributed by atoms with Gasteiger partial charge in [0.05, 0.1) is 17.5 Å². The molecule has 0 bridgehead atoms. The van der Waals surface area contributed by atoms with Crippen LogP contribution in [0.4, 0.5) is 0 Å². The maximum absolute atomic E-state index is 11.2. The van der Waals surface area contributed by atoms with Crippen molar-refractivity contribution in [3.05, 3.63) is 0 Å². The summed E-state index contributed by atoms with van der Waals surface area (Å²) in [6.45, 7) is 6.33. The van der Waals surface area contributed by atoms with Gasteiger partial charge in [-0.15, -0.1) is 11.8 Å². The molecule has 1 saturated heterocycles. The molecule has 0 amide bonds. The highest BCUT2D eigenvalue weighted by Crippen LogP contribution is 2.53. The molecule has 3 atom stereocenters. The number of aliphatic carboxylic acids is 1. The summed E-state index contributed by atoms with van der Waals surface area (Å²) in [5.41, 5.74) is -0.233. The van der Waals surface area contributed by atoms with E-state index in [2.05, 4.69) is 20.8 Å². The lowest BCUT2D eigenvalue weighted by atomic mass is 9.62. The predicted molar refractivity (Wildman–Crippen MR) is 64.5 cm³/mol. The molecule has 0 aromatic rings. The van der Waals surface area contributed by atoms with Gasteiger partial charge in [-0.05, 0) is 24.7 Å². The zero-order valence-electron chi connectivity index (χ0n) is 10.2. The third-order valence-corrected chi connectivity index (χ3v) is 5.44. The van der Waals surface area contributed by atoms with Crippen LogP contribution in [0.15, 0.2) is 0 Å². The lowest BCUT2D eigenvalue weighted by molar-refractivity contribution is -0.154. The first-order valence-corrected chi connectivity index (χ1v) is 6.91. The summed E-state index contributed by atoms with van der Waals surface area (Å²) < 4.78 is 5.93. The van der Waals surface area contributed by atoms with Gasteiger partial charge in [0.15, 0.2) is 0 Å². The van der Waals surface area contributed by atoms with Crippen LogP contribution in [0.2, 0.25) is 0 Å². The molecular formula is C12H20O3S. The molecule has 2 rings (SSSR count). The second kappa shape index (κ2) is 3.91. The summed E-state index contributed by atoms with van der Waals surface area (Å²) in [7, 11) is 0. The second-order valence-corrected chi connectivity index (χ2v) is 7.01. The average molecular weight is 244 g/mol. The third kappa shape index (κ3) is 1.86. The van der Waals surface area contributed by atoms with Gasteiger partial charge in [0.25, 0.3) is 0 Å². The minimum absolute atomic E-state index is 0.0693. The van der Waals surface area contributed by atoms with Crippen LogP contribution in [0.3, 0.4) is 0 Å². The fourth-order valence-corrected chi connectivity index (χ4v) is 4.29. The molecular weight excluding hydrogens is 224 g/mol. The largest absolute Gasteiger partial charge is 0.481 e. The van der Waals surface area contributed by atoms with Crippen LogP contribution in [0, 0.1) is 11.3 Å². The maximum atomic E-state index is 11.2. The number of ether oxygens (including phenoxy) is 1. The normalized spacial score (nSPS) is 42.4. The summed E-state index contributed by atoms with van der Waals surface area (Å²) in [5.74, 6) is -0.118. The van der Waals surface area contributed by atoms with Gasteiger partial charge in [0.2, 0.25) is 0 Å². The number of carbonyl (C=O) groups is 1. The minimum atomic E-state index is -0.654. The number of carboxylic acid groups (broad SMARTS) is 1. The van der Waals surface area contributed by atoms with Crippen LogP contribution in [0.25, 0.3) is 0 Å². The molecule has 1 saturated carbocycles. The first-order chi connectivity index (χ1) is 7.37. The summed E-state index contributed by atoms with van der Waals surface area (Å²) in [6, 6.07) is 0. The molecule has 0 aromatic carbocycles. The van der Waals surface area contributed by atoms with E-state index in [4.69, 9.17) is 4.74 Å². The highest BCUT2D eigenvalue weighted by molar-refractivity contribution is 8.00. The van der Waals surface area contributed by atoms with E-state index < -0.39 is 5.97 Å². The zero-order valence-corrected chi connectivity index (χ0v) is 11.0. The Kier molecular flexibility index (Phi) is 2.99. The first-order valence-electron chi connectivity index (χ1n) is 5.86.